The number of benzene rings is 1. The number of hydrogen-bond donors (Lipinski definition) is 1. The molecule has 1 saturated heterocycles. The second-order valence-electron chi connectivity index (χ2n) is 5.83. The quantitative estimate of drug-likeness (QED) is 0.926. The van der Waals surface area contributed by atoms with E-state index in [1.165, 1.54) is 23.1 Å². The van der Waals surface area contributed by atoms with Crippen LogP contribution in [0.2, 0.25) is 0 Å². The van der Waals surface area contributed by atoms with Gasteiger partial charge in [-0.15, -0.1) is 0 Å². The highest BCUT2D eigenvalue weighted by molar-refractivity contribution is 5.99. The fourth-order valence-corrected chi connectivity index (χ4v) is 2.99. The summed E-state index contributed by atoms with van der Waals surface area (Å²) >= 11 is 0. The molecule has 6 heteroatoms. The van der Waals surface area contributed by atoms with Crippen LogP contribution in [0.4, 0.5) is 4.39 Å². The normalized spacial score (nSPS) is 21.5. The third-order valence-corrected chi connectivity index (χ3v) is 4.31. The molecule has 0 radical (unpaired) electrons. The Balaban J connectivity index is 1.93. The Kier molecular flexibility index (Phi) is 3.39. The summed E-state index contributed by atoms with van der Waals surface area (Å²) < 4.78 is 18.9. The van der Waals surface area contributed by atoms with Crippen molar-refractivity contribution in [3.63, 3.8) is 0 Å². The van der Waals surface area contributed by atoms with Gasteiger partial charge in [0.1, 0.15) is 11.4 Å². The van der Waals surface area contributed by atoms with Crippen molar-refractivity contribution in [3.8, 4) is 0 Å². The first kappa shape index (κ1) is 14.6. The zero-order chi connectivity index (χ0) is 16.0. The highest BCUT2D eigenvalue weighted by atomic mass is 19.1. The summed E-state index contributed by atoms with van der Waals surface area (Å²) in [5, 5.41) is 9.71. The SMILES string of the molecule is Cc1c(C(=O)N2C[C@@H](C)[C@H](C(=O)O)C2)oc2ccc(F)cc12. The highest BCUT2D eigenvalue weighted by Gasteiger charge is 2.38. The summed E-state index contributed by atoms with van der Waals surface area (Å²) in [4.78, 5) is 25.2. The van der Waals surface area contributed by atoms with Crippen molar-refractivity contribution in [3.05, 3.63) is 35.3 Å². The molecule has 2 heterocycles. The van der Waals surface area contributed by atoms with E-state index >= 15 is 0 Å². The lowest BCUT2D eigenvalue weighted by atomic mass is 9.99. The number of nitrogens with zero attached hydrogens (tertiary/aromatic N) is 1. The average Bonchev–Trinajstić information content (AvgIpc) is 3.00. The molecular weight excluding hydrogens is 289 g/mol. The number of carboxylic acids is 1. The molecular formula is C16H16FNO4. The van der Waals surface area contributed by atoms with Crippen LogP contribution in [0, 0.1) is 24.6 Å². The predicted octanol–water partition coefficient (Wildman–Crippen LogP) is 2.67. The van der Waals surface area contributed by atoms with Crippen molar-refractivity contribution in [2.24, 2.45) is 11.8 Å². The number of fused-ring (bicyclic) bond motifs is 1. The molecule has 0 spiro atoms. The monoisotopic (exact) mass is 305 g/mol. The summed E-state index contributed by atoms with van der Waals surface area (Å²) in [6.45, 7) is 4.06. The molecule has 22 heavy (non-hydrogen) atoms. The minimum absolute atomic E-state index is 0.108. The molecule has 0 aliphatic carbocycles. The fraction of sp³-hybridized carbons (Fsp3) is 0.375. The maximum absolute atomic E-state index is 13.3. The van der Waals surface area contributed by atoms with Gasteiger partial charge in [0, 0.05) is 24.0 Å². The molecule has 1 aliphatic rings. The number of amides is 1. The zero-order valence-electron chi connectivity index (χ0n) is 12.3. The highest BCUT2D eigenvalue weighted by Crippen LogP contribution is 2.30. The number of carbonyl (C=O) groups is 2. The van der Waals surface area contributed by atoms with Crippen LogP contribution >= 0.6 is 0 Å². The van der Waals surface area contributed by atoms with Gasteiger partial charge in [0.2, 0.25) is 0 Å². The Morgan fingerprint density at radius 3 is 2.73 bits per heavy atom. The lowest BCUT2D eigenvalue weighted by Gasteiger charge is -2.14. The molecule has 116 valence electrons. The summed E-state index contributed by atoms with van der Waals surface area (Å²) in [5.41, 5.74) is 1.02. The predicted molar refractivity (Wildman–Crippen MR) is 77.1 cm³/mol. The van der Waals surface area contributed by atoms with Crippen molar-refractivity contribution in [1.82, 2.24) is 4.90 Å². The summed E-state index contributed by atoms with van der Waals surface area (Å²) in [6.07, 6.45) is 0. The Morgan fingerprint density at radius 1 is 1.36 bits per heavy atom. The van der Waals surface area contributed by atoms with E-state index in [1.54, 1.807) is 6.92 Å². The van der Waals surface area contributed by atoms with Gasteiger partial charge in [-0.1, -0.05) is 6.92 Å². The van der Waals surface area contributed by atoms with Crippen molar-refractivity contribution < 1.29 is 23.5 Å². The number of hydrogen-bond acceptors (Lipinski definition) is 3. The molecule has 1 N–H and O–H groups in total. The molecule has 1 aromatic carbocycles. The van der Waals surface area contributed by atoms with E-state index in [0.29, 0.717) is 23.1 Å². The van der Waals surface area contributed by atoms with Crippen LogP contribution in [0.15, 0.2) is 22.6 Å². The van der Waals surface area contributed by atoms with Crippen LogP contribution in [-0.2, 0) is 4.79 Å². The smallest absolute Gasteiger partial charge is 0.308 e. The van der Waals surface area contributed by atoms with Crippen molar-refractivity contribution in [2.75, 3.05) is 13.1 Å². The Morgan fingerprint density at radius 2 is 2.09 bits per heavy atom. The van der Waals surface area contributed by atoms with Gasteiger partial charge in [-0.3, -0.25) is 9.59 Å². The van der Waals surface area contributed by atoms with Crippen LogP contribution in [0.3, 0.4) is 0 Å². The van der Waals surface area contributed by atoms with Gasteiger partial charge in [0.05, 0.1) is 5.92 Å². The fourth-order valence-electron chi connectivity index (χ4n) is 2.99. The largest absolute Gasteiger partial charge is 0.481 e. The first-order valence-corrected chi connectivity index (χ1v) is 7.09. The third-order valence-electron chi connectivity index (χ3n) is 4.31. The minimum atomic E-state index is -0.897. The van der Waals surface area contributed by atoms with Crippen LogP contribution < -0.4 is 0 Å². The number of halogens is 1. The molecule has 0 unspecified atom stereocenters. The van der Waals surface area contributed by atoms with Crippen molar-refractivity contribution >= 4 is 22.8 Å². The van der Waals surface area contributed by atoms with E-state index in [-0.39, 0.29) is 24.1 Å². The van der Waals surface area contributed by atoms with Gasteiger partial charge in [0.15, 0.2) is 5.76 Å². The Hall–Kier alpha value is -2.37. The lowest BCUT2D eigenvalue weighted by molar-refractivity contribution is -0.142. The first-order valence-electron chi connectivity index (χ1n) is 7.09. The number of furan rings is 1. The van der Waals surface area contributed by atoms with E-state index in [2.05, 4.69) is 0 Å². The van der Waals surface area contributed by atoms with E-state index in [0.717, 1.165) is 0 Å². The zero-order valence-corrected chi connectivity index (χ0v) is 12.3. The molecule has 2 atom stereocenters. The summed E-state index contributed by atoms with van der Waals surface area (Å²) in [6, 6.07) is 4.09. The maximum Gasteiger partial charge on any atom is 0.308 e. The number of carboxylic acid groups (broad SMARTS) is 1. The van der Waals surface area contributed by atoms with E-state index < -0.39 is 17.7 Å². The van der Waals surface area contributed by atoms with Gasteiger partial charge < -0.3 is 14.4 Å². The average molecular weight is 305 g/mol. The van der Waals surface area contributed by atoms with Gasteiger partial charge in [0.25, 0.3) is 5.91 Å². The molecule has 2 aromatic rings. The molecule has 3 rings (SSSR count). The molecule has 1 amide bonds. The number of carbonyl (C=O) groups excluding carboxylic acids is 1. The summed E-state index contributed by atoms with van der Waals surface area (Å²) in [5.74, 6) is -2.15. The second-order valence-corrected chi connectivity index (χ2v) is 5.83. The Bertz CT molecular complexity index is 767. The van der Waals surface area contributed by atoms with Gasteiger partial charge >= 0.3 is 5.97 Å². The van der Waals surface area contributed by atoms with Crippen LogP contribution in [-0.4, -0.2) is 35.0 Å². The van der Waals surface area contributed by atoms with Gasteiger partial charge in [-0.05, 0) is 31.0 Å². The van der Waals surface area contributed by atoms with Gasteiger partial charge in [-0.25, -0.2) is 4.39 Å². The molecule has 0 bridgehead atoms. The number of aliphatic carboxylic acids is 1. The molecule has 1 fully saturated rings. The topological polar surface area (TPSA) is 70.8 Å². The van der Waals surface area contributed by atoms with E-state index in [4.69, 9.17) is 9.52 Å². The lowest BCUT2D eigenvalue weighted by Crippen LogP contribution is -2.30. The summed E-state index contributed by atoms with van der Waals surface area (Å²) in [7, 11) is 0. The standard InChI is InChI=1S/C16H16FNO4/c1-8-6-18(7-12(8)16(20)21)15(19)14-9(2)11-5-10(17)3-4-13(11)22-14/h3-5,8,12H,6-7H2,1-2H3,(H,20,21)/t8-,12-/m1/s1. The molecule has 1 aliphatic heterocycles. The molecule has 1 aromatic heterocycles. The van der Waals surface area contributed by atoms with Crippen molar-refractivity contribution in [2.45, 2.75) is 13.8 Å². The van der Waals surface area contributed by atoms with Crippen molar-refractivity contribution in [1.29, 1.82) is 0 Å². The van der Waals surface area contributed by atoms with Crippen LogP contribution in [0.1, 0.15) is 23.0 Å². The minimum Gasteiger partial charge on any atom is -0.481 e. The van der Waals surface area contributed by atoms with E-state index in [9.17, 15) is 14.0 Å². The van der Waals surface area contributed by atoms with E-state index in [1.807, 2.05) is 6.92 Å². The molecule has 0 saturated carbocycles. The second kappa shape index (κ2) is 5.12. The first-order chi connectivity index (χ1) is 10.4. The van der Waals surface area contributed by atoms with Crippen LogP contribution in [0.5, 0.6) is 0 Å². The third kappa shape index (κ3) is 2.24. The van der Waals surface area contributed by atoms with Gasteiger partial charge in [-0.2, -0.15) is 0 Å². The maximum atomic E-state index is 13.3. The Labute approximate surface area is 126 Å². The number of rotatable bonds is 2. The number of likely N-dealkylation sites (tertiary alicyclic amines) is 1. The molecule has 5 nitrogen and oxygen atoms in total. The number of aryl methyl sites for hydroxylation is 1. The van der Waals surface area contributed by atoms with Crippen LogP contribution in [0.25, 0.3) is 11.0 Å².